The Morgan fingerprint density at radius 2 is 1.82 bits per heavy atom. The monoisotopic (exact) mass is 543 g/mol. The van der Waals surface area contributed by atoms with Crippen LogP contribution in [0.2, 0.25) is 0 Å². The third-order valence-corrected chi connectivity index (χ3v) is 6.62. The number of hydrogen-bond donors (Lipinski definition) is 2. The van der Waals surface area contributed by atoms with E-state index in [4.69, 9.17) is 29.8 Å². The average Bonchev–Trinajstić information content (AvgIpc) is 3.43. The number of ether oxygens (including phenoxy) is 3. The Hall–Kier alpha value is -4.53. The molecule has 0 saturated carbocycles. The molecule has 1 aliphatic heterocycles. The summed E-state index contributed by atoms with van der Waals surface area (Å²) in [6, 6.07) is 22.6. The van der Waals surface area contributed by atoms with E-state index in [9.17, 15) is 4.79 Å². The van der Waals surface area contributed by atoms with E-state index in [1.807, 2.05) is 72.8 Å². The molecule has 0 aliphatic carbocycles. The largest absolute Gasteiger partial charge is 0.497 e. The summed E-state index contributed by atoms with van der Waals surface area (Å²) < 4.78 is 16.8. The van der Waals surface area contributed by atoms with Gasteiger partial charge in [-0.3, -0.25) is 4.79 Å². The molecule has 0 unspecified atom stereocenters. The summed E-state index contributed by atoms with van der Waals surface area (Å²) >= 11 is 0. The van der Waals surface area contributed by atoms with E-state index in [1.165, 1.54) is 0 Å². The minimum Gasteiger partial charge on any atom is -0.497 e. The molecule has 0 saturated heterocycles. The van der Waals surface area contributed by atoms with E-state index in [0.29, 0.717) is 37.6 Å². The van der Waals surface area contributed by atoms with Crippen LogP contribution in [0, 0.1) is 0 Å². The summed E-state index contributed by atoms with van der Waals surface area (Å²) in [5, 5.41) is 15.7. The number of aliphatic imine (C=N–C) groups is 1. The fourth-order valence-corrected chi connectivity index (χ4v) is 4.41. The molecule has 10 nitrogen and oxygen atoms in total. The van der Waals surface area contributed by atoms with E-state index < -0.39 is 5.54 Å². The standard InChI is InChI=1S/C30H33N5O5/c1-38-26-11-7-22(8-12-26)15-16-32-29(37)30(19-24-5-2-3-6-25(24)20-33-35-31)21-40-28(34-30)23-9-13-27(14-10-23)39-18-4-17-36/h2-3,5-14,36H,4,15-21H2,1H3,(H,32,37)/t30-/m1/s1. The van der Waals surface area contributed by atoms with Crippen molar-refractivity contribution in [3.05, 3.63) is 105 Å². The van der Waals surface area contributed by atoms with Crippen molar-refractivity contribution in [2.45, 2.75) is 31.3 Å². The predicted octanol–water partition coefficient (Wildman–Crippen LogP) is 4.38. The molecule has 0 fully saturated rings. The van der Waals surface area contributed by atoms with Crippen LogP contribution in [0.25, 0.3) is 10.4 Å². The van der Waals surface area contributed by atoms with E-state index in [1.54, 1.807) is 7.11 Å². The van der Waals surface area contributed by atoms with Gasteiger partial charge in [-0.2, -0.15) is 0 Å². The molecule has 3 aromatic rings. The molecule has 0 aromatic heterocycles. The molecule has 0 bridgehead atoms. The minimum atomic E-state index is -1.20. The summed E-state index contributed by atoms with van der Waals surface area (Å²) in [7, 11) is 1.62. The van der Waals surface area contributed by atoms with Crippen LogP contribution in [0.5, 0.6) is 11.5 Å². The zero-order chi connectivity index (χ0) is 28.2. The lowest BCUT2D eigenvalue weighted by Gasteiger charge is -2.24. The third-order valence-electron chi connectivity index (χ3n) is 6.62. The van der Waals surface area contributed by atoms with Crippen molar-refractivity contribution in [2.24, 2.45) is 10.1 Å². The fraction of sp³-hybridized carbons (Fsp3) is 0.333. The number of amides is 1. The van der Waals surface area contributed by atoms with Crippen molar-refractivity contribution in [1.29, 1.82) is 0 Å². The Balaban J connectivity index is 1.55. The van der Waals surface area contributed by atoms with Gasteiger partial charge in [-0.1, -0.05) is 41.5 Å². The smallest absolute Gasteiger partial charge is 0.251 e. The van der Waals surface area contributed by atoms with Crippen LogP contribution in [0.15, 0.2) is 82.9 Å². The summed E-state index contributed by atoms with van der Waals surface area (Å²) in [4.78, 5) is 21.5. The number of nitrogens with one attached hydrogen (secondary N) is 1. The van der Waals surface area contributed by atoms with Crippen LogP contribution in [-0.2, 0) is 28.9 Å². The zero-order valence-electron chi connectivity index (χ0n) is 22.5. The molecule has 0 radical (unpaired) electrons. The number of methoxy groups -OCH3 is 1. The van der Waals surface area contributed by atoms with Crippen molar-refractivity contribution in [1.82, 2.24) is 5.32 Å². The van der Waals surface area contributed by atoms with Crippen molar-refractivity contribution in [3.63, 3.8) is 0 Å². The average molecular weight is 544 g/mol. The Labute approximate surface area is 233 Å². The van der Waals surface area contributed by atoms with Crippen LogP contribution in [0.4, 0.5) is 0 Å². The van der Waals surface area contributed by atoms with Gasteiger partial charge in [0.1, 0.15) is 18.1 Å². The number of aliphatic hydroxyl groups is 1. The van der Waals surface area contributed by atoms with Gasteiger partial charge in [-0.05, 0) is 65.0 Å². The van der Waals surface area contributed by atoms with Crippen molar-refractivity contribution >= 4 is 11.8 Å². The second kappa shape index (κ2) is 14.0. The lowest BCUT2D eigenvalue weighted by Crippen LogP contribution is -2.49. The highest BCUT2D eigenvalue weighted by atomic mass is 16.5. The Bertz CT molecular complexity index is 1350. The lowest BCUT2D eigenvalue weighted by molar-refractivity contribution is -0.126. The van der Waals surface area contributed by atoms with Gasteiger partial charge in [0.25, 0.3) is 5.91 Å². The SMILES string of the molecule is COc1ccc(CCNC(=O)[C@@]2(Cc3ccccc3CN=[N+]=[N-])COC(c3ccc(OCCCO)cc3)=N2)cc1. The Morgan fingerprint density at radius 3 is 2.52 bits per heavy atom. The molecule has 10 heteroatoms. The Morgan fingerprint density at radius 1 is 1.10 bits per heavy atom. The molecule has 1 amide bonds. The van der Waals surface area contributed by atoms with E-state index in [0.717, 1.165) is 28.0 Å². The zero-order valence-corrected chi connectivity index (χ0v) is 22.5. The first-order valence-corrected chi connectivity index (χ1v) is 13.1. The second-order valence-electron chi connectivity index (χ2n) is 9.38. The maximum Gasteiger partial charge on any atom is 0.251 e. The van der Waals surface area contributed by atoms with Gasteiger partial charge in [-0.25, -0.2) is 4.99 Å². The molecular formula is C30H33N5O5. The topological polar surface area (TPSA) is 138 Å². The number of carbonyl (C=O) groups excluding carboxylic acids is 1. The maximum absolute atomic E-state index is 13.7. The first-order valence-electron chi connectivity index (χ1n) is 13.1. The van der Waals surface area contributed by atoms with Gasteiger partial charge in [0.05, 0.1) is 20.3 Å². The van der Waals surface area contributed by atoms with Gasteiger partial charge < -0.3 is 24.6 Å². The van der Waals surface area contributed by atoms with Crippen LogP contribution in [0.3, 0.4) is 0 Å². The number of nitrogens with zero attached hydrogens (tertiary/aromatic N) is 4. The minimum absolute atomic E-state index is 0.0684. The number of hydrogen-bond acceptors (Lipinski definition) is 7. The number of carbonyl (C=O) groups is 1. The summed E-state index contributed by atoms with van der Waals surface area (Å²) in [6.07, 6.45) is 1.48. The summed E-state index contributed by atoms with van der Waals surface area (Å²) in [5.74, 6) is 1.59. The quantitative estimate of drug-likeness (QED) is 0.134. The van der Waals surface area contributed by atoms with Gasteiger partial charge in [-0.15, -0.1) is 0 Å². The highest BCUT2D eigenvalue weighted by molar-refractivity contribution is 6.00. The highest BCUT2D eigenvalue weighted by Gasteiger charge is 2.44. The van der Waals surface area contributed by atoms with E-state index in [2.05, 4.69) is 15.3 Å². The van der Waals surface area contributed by atoms with Crippen molar-refractivity contribution in [3.8, 4) is 11.5 Å². The fourth-order valence-electron chi connectivity index (χ4n) is 4.41. The Kier molecular flexibility index (Phi) is 9.99. The second-order valence-corrected chi connectivity index (χ2v) is 9.38. The molecule has 1 aliphatic rings. The molecular weight excluding hydrogens is 510 g/mol. The van der Waals surface area contributed by atoms with Gasteiger partial charge in [0.2, 0.25) is 5.90 Å². The predicted molar refractivity (Wildman–Crippen MR) is 152 cm³/mol. The molecule has 0 spiro atoms. The van der Waals surface area contributed by atoms with Gasteiger partial charge in [0, 0.05) is 36.5 Å². The molecule has 3 aromatic carbocycles. The molecule has 208 valence electrons. The van der Waals surface area contributed by atoms with Crippen molar-refractivity contribution in [2.75, 3.05) is 33.5 Å². The number of rotatable bonds is 14. The first kappa shape index (κ1) is 28.5. The highest BCUT2D eigenvalue weighted by Crippen LogP contribution is 2.29. The van der Waals surface area contributed by atoms with Crippen LogP contribution in [0.1, 0.15) is 28.7 Å². The summed E-state index contributed by atoms with van der Waals surface area (Å²) in [5.41, 5.74) is 11.1. The molecule has 2 N–H and O–H groups in total. The molecule has 40 heavy (non-hydrogen) atoms. The number of benzene rings is 3. The van der Waals surface area contributed by atoms with E-state index >= 15 is 0 Å². The normalized spacial score (nSPS) is 15.9. The van der Waals surface area contributed by atoms with Gasteiger partial charge >= 0.3 is 0 Å². The molecule has 1 heterocycles. The van der Waals surface area contributed by atoms with Gasteiger partial charge in [0.15, 0.2) is 5.54 Å². The number of aliphatic hydroxyl groups excluding tert-OH is 1. The lowest BCUT2D eigenvalue weighted by atomic mass is 9.89. The number of azide groups is 1. The first-order chi connectivity index (χ1) is 19.6. The van der Waals surface area contributed by atoms with Crippen molar-refractivity contribution < 1.29 is 24.1 Å². The molecule has 4 rings (SSSR count). The third kappa shape index (κ3) is 7.31. The van der Waals surface area contributed by atoms with E-state index in [-0.39, 0.29) is 32.1 Å². The maximum atomic E-state index is 13.7. The van der Waals surface area contributed by atoms with Crippen LogP contribution < -0.4 is 14.8 Å². The summed E-state index contributed by atoms with van der Waals surface area (Å²) in [6.45, 7) is 1.16. The molecule has 1 atom stereocenters. The van der Waals surface area contributed by atoms with Crippen LogP contribution in [-0.4, -0.2) is 55.9 Å². The van der Waals surface area contributed by atoms with Crippen LogP contribution >= 0.6 is 0 Å².